The van der Waals surface area contributed by atoms with Crippen LogP contribution in [0.3, 0.4) is 0 Å². The second-order valence-corrected chi connectivity index (χ2v) is 6.65. The van der Waals surface area contributed by atoms with Gasteiger partial charge < -0.3 is 15.4 Å². The van der Waals surface area contributed by atoms with Gasteiger partial charge in [-0.25, -0.2) is 0 Å². The summed E-state index contributed by atoms with van der Waals surface area (Å²) in [6.07, 6.45) is 2.95. The van der Waals surface area contributed by atoms with E-state index in [-0.39, 0.29) is 11.1 Å². The van der Waals surface area contributed by atoms with Gasteiger partial charge in [-0.1, -0.05) is 24.6 Å². The number of ether oxygens (including phenoxy) is 1. The highest BCUT2D eigenvalue weighted by atomic mass is 16.5. The van der Waals surface area contributed by atoms with Crippen LogP contribution in [0.1, 0.15) is 38.7 Å². The minimum Gasteiger partial charge on any atom is -0.375 e. The van der Waals surface area contributed by atoms with E-state index in [1.807, 2.05) is 0 Å². The summed E-state index contributed by atoms with van der Waals surface area (Å²) in [6.45, 7) is 8.04. The molecule has 114 valence electrons. The first kappa shape index (κ1) is 14.4. The Labute approximate surface area is 127 Å². The van der Waals surface area contributed by atoms with Gasteiger partial charge in [0.05, 0.1) is 17.7 Å². The van der Waals surface area contributed by atoms with Crippen molar-refractivity contribution in [3.63, 3.8) is 0 Å². The molecule has 0 aromatic heterocycles. The van der Waals surface area contributed by atoms with E-state index in [0.29, 0.717) is 5.96 Å². The zero-order valence-electron chi connectivity index (χ0n) is 13.2. The van der Waals surface area contributed by atoms with E-state index in [2.05, 4.69) is 54.9 Å². The molecule has 3 rings (SSSR count). The van der Waals surface area contributed by atoms with Gasteiger partial charge in [-0.3, -0.25) is 4.99 Å². The fraction of sp³-hybridized carbons (Fsp3) is 0.588. The zero-order chi connectivity index (χ0) is 15.1. The van der Waals surface area contributed by atoms with Crippen LogP contribution in [-0.2, 0) is 4.74 Å². The molecule has 1 spiro atoms. The van der Waals surface area contributed by atoms with Crippen molar-refractivity contribution in [1.29, 1.82) is 0 Å². The van der Waals surface area contributed by atoms with Crippen molar-refractivity contribution in [1.82, 2.24) is 0 Å². The molecule has 4 heteroatoms. The van der Waals surface area contributed by atoms with Gasteiger partial charge in [0.25, 0.3) is 0 Å². The van der Waals surface area contributed by atoms with Crippen LogP contribution in [0.2, 0.25) is 0 Å². The minimum atomic E-state index is -0.0820. The molecule has 1 saturated heterocycles. The molecule has 0 saturated carbocycles. The summed E-state index contributed by atoms with van der Waals surface area (Å²) in [5.74, 6) is 0.638. The molecule has 4 nitrogen and oxygen atoms in total. The highest BCUT2D eigenvalue weighted by molar-refractivity contribution is 5.98. The monoisotopic (exact) mass is 287 g/mol. The van der Waals surface area contributed by atoms with Crippen LogP contribution >= 0.6 is 0 Å². The normalized spacial score (nSPS) is 32.5. The Morgan fingerprint density at radius 1 is 1.33 bits per heavy atom. The molecule has 2 atom stereocenters. The van der Waals surface area contributed by atoms with Crippen LogP contribution < -0.4 is 10.6 Å². The largest absolute Gasteiger partial charge is 0.375 e. The molecule has 1 fully saturated rings. The molecule has 0 amide bonds. The molecule has 1 aromatic rings. The highest BCUT2D eigenvalue weighted by Gasteiger charge is 2.50. The zero-order valence-corrected chi connectivity index (χ0v) is 13.2. The number of nitrogens with two attached hydrogens (primary N) is 1. The van der Waals surface area contributed by atoms with Crippen molar-refractivity contribution in [2.24, 2.45) is 10.7 Å². The fourth-order valence-corrected chi connectivity index (χ4v) is 3.59. The van der Waals surface area contributed by atoms with Crippen LogP contribution in [-0.4, -0.2) is 30.3 Å². The van der Waals surface area contributed by atoms with Gasteiger partial charge in [-0.15, -0.1) is 0 Å². The topological polar surface area (TPSA) is 50.9 Å². The smallest absolute Gasteiger partial charge is 0.196 e. The summed E-state index contributed by atoms with van der Waals surface area (Å²) in [6, 6.07) is 8.55. The number of guanidine groups is 1. The van der Waals surface area contributed by atoms with Crippen molar-refractivity contribution >= 4 is 11.6 Å². The molecule has 1 aromatic carbocycles. The number of aliphatic imine (C=N–C) groups is 1. The van der Waals surface area contributed by atoms with E-state index in [1.54, 1.807) is 0 Å². The van der Waals surface area contributed by atoms with E-state index < -0.39 is 0 Å². The maximum absolute atomic E-state index is 6.22. The van der Waals surface area contributed by atoms with Crippen molar-refractivity contribution in [3.05, 3.63) is 29.8 Å². The summed E-state index contributed by atoms with van der Waals surface area (Å²) >= 11 is 0. The first-order valence-corrected chi connectivity index (χ1v) is 7.79. The average Bonchev–Trinajstić information content (AvgIpc) is 2.77. The fourth-order valence-electron chi connectivity index (χ4n) is 3.59. The molecule has 21 heavy (non-hydrogen) atoms. The van der Waals surface area contributed by atoms with E-state index in [9.17, 15) is 0 Å². The van der Waals surface area contributed by atoms with E-state index in [0.717, 1.165) is 38.1 Å². The number of rotatable bonds is 2. The van der Waals surface area contributed by atoms with Crippen molar-refractivity contribution < 1.29 is 4.74 Å². The van der Waals surface area contributed by atoms with E-state index in [1.165, 1.54) is 5.56 Å². The van der Waals surface area contributed by atoms with Gasteiger partial charge in [0, 0.05) is 18.7 Å². The van der Waals surface area contributed by atoms with Crippen LogP contribution in [0.4, 0.5) is 5.69 Å². The highest BCUT2D eigenvalue weighted by Crippen LogP contribution is 2.42. The van der Waals surface area contributed by atoms with Gasteiger partial charge in [-0.05, 0) is 38.8 Å². The summed E-state index contributed by atoms with van der Waals surface area (Å²) < 4.78 is 6.02. The second-order valence-electron chi connectivity index (χ2n) is 6.65. The number of anilines is 1. The summed E-state index contributed by atoms with van der Waals surface area (Å²) in [5, 5.41) is 0. The van der Waals surface area contributed by atoms with Gasteiger partial charge >= 0.3 is 0 Å². The number of aryl methyl sites for hydroxylation is 1. The van der Waals surface area contributed by atoms with E-state index in [4.69, 9.17) is 10.5 Å². The molecule has 2 heterocycles. The van der Waals surface area contributed by atoms with Crippen LogP contribution in [0.25, 0.3) is 0 Å². The number of hydrogen-bond donors (Lipinski definition) is 1. The molecule has 0 aliphatic carbocycles. The summed E-state index contributed by atoms with van der Waals surface area (Å²) in [7, 11) is 0. The first-order valence-electron chi connectivity index (χ1n) is 7.79. The third-order valence-corrected chi connectivity index (χ3v) is 5.00. The van der Waals surface area contributed by atoms with Crippen LogP contribution in [0.15, 0.2) is 29.3 Å². The molecule has 0 bridgehead atoms. The maximum atomic E-state index is 6.22. The Hall–Kier alpha value is -1.55. The number of benzene rings is 1. The standard InChI is InChI=1S/C17H25N3O/c1-4-16(3)11-17(9-10-21-16)12-19-15(18)20(17)14-7-5-13(2)6-8-14/h5-8H,4,9-12H2,1-3H3,(H2,18,19). The minimum absolute atomic E-state index is 0.0254. The lowest BCUT2D eigenvalue weighted by atomic mass is 9.78. The molecule has 2 aliphatic heterocycles. The molecule has 0 radical (unpaired) electrons. The van der Waals surface area contributed by atoms with Gasteiger partial charge in [0.2, 0.25) is 0 Å². The summed E-state index contributed by atoms with van der Waals surface area (Å²) in [5.41, 5.74) is 8.51. The van der Waals surface area contributed by atoms with Gasteiger partial charge in [0.1, 0.15) is 0 Å². The number of nitrogens with zero attached hydrogens (tertiary/aromatic N) is 2. The Morgan fingerprint density at radius 3 is 2.71 bits per heavy atom. The summed E-state index contributed by atoms with van der Waals surface area (Å²) in [4.78, 5) is 6.80. The van der Waals surface area contributed by atoms with Crippen LogP contribution in [0.5, 0.6) is 0 Å². The molecular weight excluding hydrogens is 262 g/mol. The lowest BCUT2D eigenvalue weighted by Gasteiger charge is -2.48. The van der Waals surface area contributed by atoms with E-state index >= 15 is 0 Å². The Balaban J connectivity index is 1.96. The van der Waals surface area contributed by atoms with Crippen LogP contribution in [0, 0.1) is 6.92 Å². The first-order chi connectivity index (χ1) is 9.98. The molecule has 2 aliphatic rings. The van der Waals surface area contributed by atoms with Crippen molar-refractivity contribution in [2.75, 3.05) is 18.1 Å². The third-order valence-electron chi connectivity index (χ3n) is 5.00. The van der Waals surface area contributed by atoms with Crippen molar-refractivity contribution in [2.45, 2.75) is 51.2 Å². The second kappa shape index (κ2) is 5.02. The number of hydrogen-bond acceptors (Lipinski definition) is 4. The Bertz CT molecular complexity index is 554. The van der Waals surface area contributed by atoms with Gasteiger partial charge in [-0.2, -0.15) is 0 Å². The predicted molar refractivity (Wildman–Crippen MR) is 86.8 cm³/mol. The molecular formula is C17H25N3O. The average molecular weight is 287 g/mol. The Morgan fingerprint density at radius 2 is 2.05 bits per heavy atom. The Kier molecular flexibility index (Phi) is 3.44. The molecule has 2 N–H and O–H groups in total. The maximum Gasteiger partial charge on any atom is 0.196 e. The predicted octanol–water partition coefficient (Wildman–Crippen LogP) is 2.85. The van der Waals surface area contributed by atoms with Gasteiger partial charge in [0.15, 0.2) is 5.96 Å². The SMILES string of the molecule is CCC1(C)CC2(CCO1)CN=C(N)N2c1ccc(C)cc1. The lowest BCUT2D eigenvalue weighted by molar-refractivity contribution is -0.0902. The molecule has 2 unspecified atom stereocenters. The quantitative estimate of drug-likeness (QED) is 0.910. The lowest BCUT2D eigenvalue weighted by Crippen LogP contribution is -2.59. The third kappa shape index (κ3) is 2.42. The van der Waals surface area contributed by atoms with Crippen molar-refractivity contribution in [3.8, 4) is 0 Å².